The van der Waals surface area contributed by atoms with E-state index in [4.69, 9.17) is 16.3 Å². The Labute approximate surface area is 335 Å². The van der Waals surface area contributed by atoms with E-state index in [2.05, 4.69) is 25.6 Å². The quantitative estimate of drug-likeness (QED) is 0.199. The van der Waals surface area contributed by atoms with E-state index < -0.39 is 17.5 Å². The molecule has 2 N–H and O–H groups in total. The number of hydrogen-bond acceptors (Lipinski definition) is 8. The summed E-state index contributed by atoms with van der Waals surface area (Å²) in [5.74, 6) is -3.46. The highest BCUT2D eigenvalue weighted by Gasteiger charge is 2.30. The lowest BCUT2D eigenvalue weighted by atomic mass is 10.00. The number of nitrogens with one attached hydrogen (secondary N) is 2. The Bertz CT molecular complexity index is 2140. The van der Waals surface area contributed by atoms with E-state index in [1.807, 2.05) is 25.9 Å². The van der Waals surface area contributed by atoms with Crippen LogP contribution < -0.4 is 10.6 Å². The Hall–Kier alpha value is -5.19. The molecular weight excluding hydrogens is 760 g/mol. The molecule has 57 heavy (non-hydrogen) atoms. The van der Waals surface area contributed by atoms with E-state index in [0.717, 1.165) is 25.8 Å². The average Bonchev–Trinajstić information content (AvgIpc) is 3.93. The Morgan fingerprint density at radius 1 is 1.02 bits per heavy atom. The van der Waals surface area contributed by atoms with E-state index in [9.17, 15) is 19.2 Å². The van der Waals surface area contributed by atoms with Gasteiger partial charge in [-0.1, -0.05) is 24.6 Å². The van der Waals surface area contributed by atoms with Gasteiger partial charge in [0.15, 0.2) is 17.5 Å². The van der Waals surface area contributed by atoms with Gasteiger partial charge in [0.25, 0.3) is 11.8 Å². The van der Waals surface area contributed by atoms with Crippen LogP contribution in [0.15, 0.2) is 42.7 Å². The summed E-state index contributed by atoms with van der Waals surface area (Å²) in [5, 5.41) is 10.0. The number of rotatable bonds is 13. The van der Waals surface area contributed by atoms with Gasteiger partial charge in [-0.3, -0.25) is 23.9 Å². The summed E-state index contributed by atoms with van der Waals surface area (Å²) in [5.41, 5.74) is 1.32. The summed E-state index contributed by atoms with van der Waals surface area (Å²) in [4.78, 5) is 62.1. The second kappa shape index (κ2) is 17.9. The van der Waals surface area contributed by atoms with Crippen molar-refractivity contribution in [2.75, 3.05) is 65.3 Å². The number of imidazole rings is 1. The van der Waals surface area contributed by atoms with Crippen LogP contribution in [0.1, 0.15) is 52.9 Å². The largest absolute Gasteiger partial charge is 0.379 e. The standard InChI is InChI=1S/C40H48ClF2N9O5/c1-6-25(11-13-48(3)4)39(55)50-14-16-51(17-15-50)40(56)29-8-7-26(19-32(29)41)46-38(54)37-44-20-33(49(37)5)30-10-9-28(35(42)36(30)43)31-21-52(47-24(31)2)22-34(53)45-27-12-18-57-23-27/h7-10,19-21,25,27H,6,11-18,22-23H2,1-5H3,(H,45,53)(H,46,54). The molecule has 0 spiro atoms. The van der Waals surface area contributed by atoms with Gasteiger partial charge in [0.1, 0.15) is 6.54 Å². The molecule has 17 heteroatoms. The number of benzene rings is 2. The van der Waals surface area contributed by atoms with E-state index in [0.29, 0.717) is 56.3 Å². The first-order valence-electron chi connectivity index (χ1n) is 19.0. The summed E-state index contributed by atoms with van der Waals surface area (Å²) in [6.45, 7) is 7.05. The highest BCUT2D eigenvalue weighted by Crippen LogP contribution is 2.33. The van der Waals surface area contributed by atoms with Crippen molar-refractivity contribution in [2.45, 2.75) is 45.7 Å². The number of hydrogen-bond donors (Lipinski definition) is 2. The molecule has 2 unspecified atom stereocenters. The first-order chi connectivity index (χ1) is 27.2. The van der Waals surface area contributed by atoms with E-state index >= 15 is 8.78 Å². The molecule has 304 valence electrons. The zero-order chi connectivity index (χ0) is 41.0. The Balaban J connectivity index is 1.08. The van der Waals surface area contributed by atoms with Gasteiger partial charge in [-0.05, 0) is 71.1 Å². The summed E-state index contributed by atoms with van der Waals surface area (Å²) < 4.78 is 39.4. The third-order valence-corrected chi connectivity index (χ3v) is 10.8. The molecular formula is C40H48ClF2N9O5. The van der Waals surface area contributed by atoms with E-state index in [1.54, 1.807) is 17.9 Å². The lowest BCUT2D eigenvalue weighted by Crippen LogP contribution is -2.52. The molecule has 0 radical (unpaired) electrons. The van der Waals surface area contributed by atoms with Crippen molar-refractivity contribution < 1.29 is 32.7 Å². The molecule has 2 fully saturated rings. The fourth-order valence-electron chi connectivity index (χ4n) is 7.19. The minimum Gasteiger partial charge on any atom is -0.379 e. The first-order valence-corrected chi connectivity index (χ1v) is 19.4. The minimum absolute atomic E-state index is 0.0304. The highest BCUT2D eigenvalue weighted by atomic mass is 35.5. The van der Waals surface area contributed by atoms with Crippen LogP contribution in [0.3, 0.4) is 0 Å². The first kappa shape index (κ1) is 41.4. The predicted octanol–water partition coefficient (Wildman–Crippen LogP) is 4.61. The molecule has 4 amide bonds. The van der Waals surface area contributed by atoms with Crippen LogP contribution in [0.25, 0.3) is 22.4 Å². The maximum Gasteiger partial charge on any atom is 0.291 e. The lowest BCUT2D eigenvalue weighted by molar-refractivity contribution is -0.137. The molecule has 14 nitrogen and oxygen atoms in total. The molecule has 6 rings (SSSR count). The zero-order valence-electron chi connectivity index (χ0n) is 32.8. The smallest absolute Gasteiger partial charge is 0.291 e. The van der Waals surface area contributed by atoms with Crippen molar-refractivity contribution in [3.63, 3.8) is 0 Å². The zero-order valence-corrected chi connectivity index (χ0v) is 33.5. The predicted molar refractivity (Wildman–Crippen MR) is 211 cm³/mol. The van der Waals surface area contributed by atoms with Crippen molar-refractivity contribution in [1.82, 2.24) is 39.3 Å². The summed E-state index contributed by atoms with van der Waals surface area (Å²) in [7, 11) is 5.48. The molecule has 4 heterocycles. The third-order valence-electron chi connectivity index (χ3n) is 10.5. The summed E-state index contributed by atoms with van der Waals surface area (Å²) in [6.07, 6.45) is 5.04. The van der Waals surface area contributed by atoms with Crippen molar-refractivity contribution >= 4 is 40.9 Å². The number of halogens is 3. The van der Waals surface area contributed by atoms with Crippen molar-refractivity contribution in [1.29, 1.82) is 0 Å². The molecule has 2 aliphatic heterocycles. The summed E-state index contributed by atoms with van der Waals surface area (Å²) >= 11 is 6.55. The second-order valence-corrected chi connectivity index (χ2v) is 15.1. The van der Waals surface area contributed by atoms with Gasteiger partial charge in [0.05, 0.1) is 40.8 Å². The van der Waals surface area contributed by atoms with Crippen LogP contribution in [-0.4, -0.2) is 124 Å². The molecule has 2 aromatic heterocycles. The average molecular weight is 808 g/mol. The minimum atomic E-state index is -1.14. The van der Waals surface area contributed by atoms with Gasteiger partial charge < -0.3 is 34.6 Å². The molecule has 4 aromatic rings. The number of piperazine rings is 1. The van der Waals surface area contributed by atoms with Crippen molar-refractivity contribution in [3.05, 3.63) is 76.5 Å². The van der Waals surface area contributed by atoms with Crippen LogP contribution in [0.4, 0.5) is 14.5 Å². The highest BCUT2D eigenvalue weighted by molar-refractivity contribution is 6.34. The second-order valence-electron chi connectivity index (χ2n) is 14.7. The van der Waals surface area contributed by atoms with Gasteiger partial charge in [0, 0.05) is 74.3 Å². The van der Waals surface area contributed by atoms with Gasteiger partial charge in [0.2, 0.25) is 11.8 Å². The van der Waals surface area contributed by atoms with Gasteiger partial charge >= 0.3 is 0 Å². The van der Waals surface area contributed by atoms with Gasteiger partial charge in [-0.15, -0.1) is 0 Å². The number of nitrogens with zero attached hydrogens (tertiary/aromatic N) is 7. The molecule has 2 aromatic carbocycles. The Kier molecular flexibility index (Phi) is 13.0. The van der Waals surface area contributed by atoms with Crippen LogP contribution in [0, 0.1) is 24.5 Å². The number of amides is 4. The fourth-order valence-corrected chi connectivity index (χ4v) is 7.45. The van der Waals surface area contributed by atoms with Crippen molar-refractivity contribution in [3.8, 4) is 22.4 Å². The van der Waals surface area contributed by atoms with Gasteiger partial charge in [-0.25, -0.2) is 13.8 Å². The van der Waals surface area contributed by atoms with E-state index in [1.165, 1.54) is 53.0 Å². The van der Waals surface area contributed by atoms with Crippen LogP contribution in [0.5, 0.6) is 0 Å². The Morgan fingerprint density at radius 3 is 2.39 bits per heavy atom. The number of anilines is 1. The third kappa shape index (κ3) is 9.35. The molecule has 2 aliphatic rings. The molecule has 0 bridgehead atoms. The van der Waals surface area contributed by atoms with Gasteiger partial charge in [-0.2, -0.15) is 5.10 Å². The molecule has 0 saturated carbocycles. The number of carbonyl (C=O) groups excluding carboxylic acids is 4. The van der Waals surface area contributed by atoms with Crippen LogP contribution >= 0.6 is 11.6 Å². The number of carbonyl (C=O) groups is 4. The Morgan fingerprint density at radius 2 is 1.72 bits per heavy atom. The number of aromatic nitrogens is 4. The van der Waals surface area contributed by atoms with Crippen molar-refractivity contribution in [2.24, 2.45) is 13.0 Å². The SMILES string of the molecule is CCC(CCN(C)C)C(=O)N1CCN(C(=O)c2ccc(NC(=O)c3ncc(-c4ccc(-c5cn(CC(=O)NC6CCOC6)nc5C)c(F)c4F)n3C)cc2Cl)CC1. The molecule has 0 aliphatic carbocycles. The maximum absolute atomic E-state index is 15.7. The number of ether oxygens (including phenoxy) is 1. The van der Waals surface area contributed by atoms with E-state index in [-0.39, 0.29) is 69.5 Å². The molecule has 2 saturated heterocycles. The lowest BCUT2D eigenvalue weighted by Gasteiger charge is -2.36. The van der Waals surface area contributed by atoms with Crippen LogP contribution in [-0.2, 0) is 27.9 Å². The fraction of sp³-hybridized carbons (Fsp3) is 0.450. The monoisotopic (exact) mass is 807 g/mol. The molecule has 2 atom stereocenters. The number of aryl methyl sites for hydroxylation is 1. The normalized spacial score (nSPS) is 16.3. The topological polar surface area (TPSA) is 147 Å². The summed E-state index contributed by atoms with van der Waals surface area (Å²) in [6, 6.07) is 7.29. The van der Waals surface area contributed by atoms with Crippen LogP contribution in [0.2, 0.25) is 5.02 Å². The maximum atomic E-state index is 15.7.